The highest BCUT2D eigenvalue weighted by atomic mass is 35.5. The fourth-order valence-corrected chi connectivity index (χ4v) is 2.37. The van der Waals surface area contributed by atoms with E-state index in [0.29, 0.717) is 17.9 Å². The number of rotatable bonds is 10. The first-order valence-corrected chi connectivity index (χ1v) is 8.43. The molecule has 0 aliphatic heterocycles. The molecule has 0 spiro atoms. The molecule has 21 heavy (non-hydrogen) atoms. The number of hydrogen-bond acceptors (Lipinski definition) is 2. The molecule has 3 heteroatoms. The second kappa shape index (κ2) is 10.2. The summed E-state index contributed by atoms with van der Waals surface area (Å²) in [6, 6.07) is 8.68. The summed E-state index contributed by atoms with van der Waals surface area (Å²) in [5, 5.41) is 4.33. The maximum Gasteiger partial charge on any atom is 0.0472 e. The Morgan fingerprint density at radius 1 is 1.10 bits per heavy atom. The molecule has 120 valence electrons. The summed E-state index contributed by atoms with van der Waals surface area (Å²) in [5.41, 5.74) is 1.29. The van der Waals surface area contributed by atoms with Crippen molar-refractivity contribution in [2.75, 3.05) is 19.8 Å². The lowest BCUT2D eigenvalue weighted by atomic mass is 9.95. The molecule has 0 radical (unpaired) electrons. The van der Waals surface area contributed by atoms with Gasteiger partial charge in [-0.1, -0.05) is 51.4 Å². The van der Waals surface area contributed by atoms with Crippen molar-refractivity contribution in [2.24, 2.45) is 5.92 Å². The predicted octanol–water partition coefficient (Wildman–Crippen LogP) is 4.87. The number of nitrogens with one attached hydrogen (secondary N) is 1. The third kappa shape index (κ3) is 8.45. The van der Waals surface area contributed by atoms with Crippen LogP contribution in [-0.2, 0) is 4.74 Å². The minimum absolute atomic E-state index is 0.449. The van der Waals surface area contributed by atoms with Crippen LogP contribution < -0.4 is 5.32 Å². The summed E-state index contributed by atoms with van der Waals surface area (Å²) >= 11 is 6.12. The third-order valence-corrected chi connectivity index (χ3v) is 3.78. The van der Waals surface area contributed by atoms with Crippen LogP contribution in [0.15, 0.2) is 24.3 Å². The zero-order valence-corrected chi connectivity index (χ0v) is 14.6. The summed E-state index contributed by atoms with van der Waals surface area (Å²) in [6.45, 7) is 11.4. The van der Waals surface area contributed by atoms with Crippen molar-refractivity contribution < 1.29 is 4.74 Å². The van der Waals surface area contributed by atoms with Crippen LogP contribution in [0, 0.1) is 5.92 Å². The second-order valence-corrected chi connectivity index (χ2v) is 6.83. The van der Waals surface area contributed by atoms with Gasteiger partial charge in [0.15, 0.2) is 0 Å². The monoisotopic (exact) mass is 311 g/mol. The molecule has 2 nitrogen and oxygen atoms in total. The van der Waals surface area contributed by atoms with Crippen LogP contribution in [0.1, 0.15) is 52.0 Å². The average Bonchev–Trinajstić information content (AvgIpc) is 2.41. The maximum absolute atomic E-state index is 6.12. The Balaban J connectivity index is 2.48. The molecule has 0 aliphatic carbocycles. The van der Waals surface area contributed by atoms with Gasteiger partial charge in [0.25, 0.3) is 0 Å². The van der Waals surface area contributed by atoms with Crippen molar-refractivity contribution in [1.29, 1.82) is 0 Å². The maximum atomic E-state index is 6.12. The minimum Gasteiger partial charge on any atom is -0.381 e. The van der Waals surface area contributed by atoms with Crippen LogP contribution in [0.5, 0.6) is 0 Å². The van der Waals surface area contributed by atoms with Crippen LogP contribution in [0.3, 0.4) is 0 Å². The summed E-state index contributed by atoms with van der Waals surface area (Å²) < 4.78 is 5.77. The Hall–Kier alpha value is -0.570. The molecule has 0 amide bonds. The van der Waals surface area contributed by atoms with Gasteiger partial charge in [0, 0.05) is 30.8 Å². The predicted molar refractivity (Wildman–Crippen MR) is 92.2 cm³/mol. The van der Waals surface area contributed by atoms with E-state index >= 15 is 0 Å². The highest BCUT2D eigenvalue weighted by Gasteiger charge is 2.12. The van der Waals surface area contributed by atoms with Gasteiger partial charge in [0.1, 0.15) is 0 Å². The van der Waals surface area contributed by atoms with E-state index in [2.05, 4.69) is 45.1 Å². The molecule has 1 unspecified atom stereocenters. The first-order valence-electron chi connectivity index (χ1n) is 8.05. The van der Waals surface area contributed by atoms with Crippen molar-refractivity contribution in [2.45, 2.75) is 52.5 Å². The highest BCUT2D eigenvalue weighted by Crippen LogP contribution is 2.22. The van der Waals surface area contributed by atoms with Crippen LogP contribution in [0.25, 0.3) is 0 Å². The normalized spacial score (nSPS) is 13.1. The van der Waals surface area contributed by atoms with Gasteiger partial charge in [-0.15, -0.1) is 0 Å². The van der Waals surface area contributed by atoms with Crippen LogP contribution in [-0.4, -0.2) is 25.8 Å². The second-order valence-electron chi connectivity index (χ2n) is 6.40. The molecule has 1 aromatic rings. The zero-order valence-electron chi connectivity index (χ0n) is 13.9. The fourth-order valence-electron chi connectivity index (χ4n) is 2.17. The van der Waals surface area contributed by atoms with Crippen molar-refractivity contribution in [3.63, 3.8) is 0 Å². The Morgan fingerprint density at radius 3 is 2.43 bits per heavy atom. The topological polar surface area (TPSA) is 21.3 Å². The number of hydrogen-bond donors (Lipinski definition) is 1. The molecule has 0 aromatic heterocycles. The van der Waals surface area contributed by atoms with Crippen LogP contribution in [0.2, 0.25) is 5.02 Å². The molecule has 1 aromatic carbocycles. The summed E-state index contributed by atoms with van der Waals surface area (Å²) in [4.78, 5) is 0. The molecular formula is C18H30ClNO. The molecule has 0 aliphatic rings. The molecule has 0 saturated carbocycles. The quantitative estimate of drug-likeness (QED) is 0.622. The molecular weight excluding hydrogens is 282 g/mol. The smallest absolute Gasteiger partial charge is 0.0472 e. The van der Waals surface area contributed by atoms with Crippen molar-refractivity contribution in [3.05, 3.63) is 34.9 Å². The lowest BCUT2D eigenvalue weighted by Gasteiger charge is -2.20. The zero-order chi connectivity index (χ0) is 15.7. The van der Waals surface area contributed by atoms with Gasteiger partial charge in [-0.25, -0.2) is 0 Å². The summed E-state index contributed by atoms with van der Waals surface area (Å²) in [5.74, 6) is 1.15. The SMILES string of the molecule is CC(C)CCOCCC(CNC(C)C)c1cccc(Cl)c1. The third-order valence-electron chi connectivity index (χ3n) is 3.54. The summed E-state index contributed by atoms with van der Waals surface area (Å²) in [7, 11) is 0. The molecule has 0 fully saturated rings. The average molecular weight is 312 g/mol. The number of ether oxygens (including phenoxy) is 1. The number of halogens is 1. The van der Waals surface area contributed by atoms with Crippen molar-refractivity contribution in [3.8, 4) is 0 Å². The molecule has 0 saturated heterocycles. The van der Waals surface area contributed by atoms with E-state index < -0.39 is 0 Å². The Bertz CT molecular complexity index is 393. The fraction of sp³-hybridized carbons (Fsp3) is 0.667. The standard InChI is InChI=1S/C18H30ClNO/c1-14(2)8-10-21-11-9-17(13-20-15(3)4)16-6-5-7-18(19)12-16/h5-7,12,14-15,17,20H,8-11,13H2,1-4H3. The van der Waals surface area contributed by atoms with Crippen LogP contribution >= 0.6 is 11.6 Å². The molecule has 1 atom stereocenters. The summed E-state index contributed by atoms with van der Waals surface area (Å²) in [6.07, 6.45) is 2.16. The van der Waals surface area contributed by atoms with Crippen molar-refractivity contribution in [1.82, 2.24) is 5.32 Å². The van der Waals surface area contributed by atoms with E-state index in [0.717, 1.165) is 37.6 Å². The van der Waals surface area contributed by atoms with E-state index in [1.807, 2.05) is 12.1 Å². The van der Waals surface area contributed by atoms with Gasteiger partial charge in [-0.3, -0.25) is 0 Å². The first-order chi connectivity index (χ1) is 9.99. The van der Waals surface area contributed by atoms with Gasteiger partial charge >= 0.3 is 0 Å². The van der Waals surface area contributed by atoms with E-state index in [-0.39, 0.29) is 0 Å². The van der Waals surface area contributed by atoms with Crippen LogP contribution in [0.4, 0.5) is 0 Å². The van der Waals surface area contributed by atoms with E-state index in [9.17, 15) is 0 Å². The Kier molecular flexibility index (Phi) is 8.98. The molecule has 1 rings (SSSR count). The van der Waals surface area contributed by atoms with E-state index in [4.69, 9.17) is 16.3 Å². The molecule has 0 heterocycles. The molecule has 1 N–H and O–H groups in total. The Morgan fingerprint density at radius 2 is 1.81 bits per heavy atom. The van der Waals surface area contributed by atoms with E-state index in [1.165, 1.54) is 5.56 Å². The Labute approximate surface area is 135 Å². The van der Waals surface area contributed by atoms with Gasteiger partial charge in [0.05, 0.1) is 0 Å². The molecule has 0 bridgehead atoms. The van der Waals surface area contributed by atoms with Gasteiger partial charge < -0.3 is 10.1 Å². The van der Waals surface area contributed by atoms with Gasteiger partial charge in [0.2, 0.25) is 0 Å². The minimum atomic E-state index is 0.449. The number of benzene rings is 1. The van der Waals surface area contributed by atoms with Crippen molar-refractivity contribution >= 4 is 11.6 Å². The lowest BCUT2D eigenvalue weighted by Crippen LogP contribution is -2.28. The largest absolute Gasteiger partial charge is 0.381 e. The highest BCUT2D eigenvalue weighted by molar-refractivity contribution is 6.30. The first kappa shape index (κ1) is 18.5. The van der Waals surface area contributed by atoms with Gasteiger partial charge in [-0.05, 0) is 42.4 Å². The lowest BCUT2D eigenvalue weighted by molar-refractivity contribution is 0.116. The van der Waals surface area contributed by atoms with E-state index in [1.54, 1.807) is 0 Å². The van der Waals surface area contributed by atoms with Gasteiger partial charge in [-0.2, -0.15) is 0 Å².